The number of benzene rings is 1. The summed E-state index contributed by atoms with van der Waals surface area (Å²) in [6.45, 7) is 0.663. The molecular formula is C13H10ClN3S. The lowest BCUT2D eigenvalue weighted by Gasteiger charge is -2.04. The van der Waals surface area contributed by atoms with Crippen molar-refractivity contribution < 1.29 is 0 Å². The second kappa shape index (κ2) is 4.55. The third-order valence-corrected chi connectivity index (χ3v) is 3.32. The Morgan fingerprint density at radius 2 is 2.17 bits per heavy atom. The van der Waals surface area contributed by atoms with E-state index in [1.165, 1.54) is 0 Å². The van der Waals surface area contributed by atoms with Gasteiger partial charge in [-0.05, 0) is 42.0 Å². The van der Waals surface area contributed by atoms with Crippen LogP contribution in [0.5, 0.6) is 0 Å². The number of imidazole rings is 1. The fraction of sp³-hybridized carbons (Fsp3) is 0.0769. The van der Waals surface area contributed by atoms with Gasteiger partial charge < -0.3 is 4.98 Å². The van der Waals surface area contributed by atoms with Gasteiger partial charge in [-0.2, -0.15) is 0 Å². The van der Waals surface area contributed by atoms with E-state index in [0.29, 0.717) is 11.3 Å². The van der Waals surface area contributed by atoms with Crippen molar-refractivity contribution in [2.75, 3.05) is 0 Å². The smallest absolute Gasteiger partial charge is 0.179 e. The first-order valence-corrected chi connectivity index (χ1v) is 6.30. The average molecular weight is 276 g/mol. The second-order valence-corrected chi connectivity index (χ2v) is 4.84. The summed E-state index contributed by atoms with van der Waals surface area (Å²) < 4.78 is 2.64. The van der Waals surface area contributed by atoms with Gasteiger partial charge in [-0.1, -0.05) is 23.7 Å². The molecule has 3 aromatic rings. The molecule has 0 aliphatic rings. The molecule has 0 aliphatic carbocycles. The molecule has 0 atom stereocenters. The van der Waals surface area contributed by atoms with Crippen LogP contribution >= 0.6 is 23.8 Å². The Bertz CT molecular complexity index is 760. The van der Waals surface area contributed by atoms with Crippen LogP contribution in [0.15, 0.2) is 42.6 Å². The SMILES string of the molecule is S=c1[nH]c2cccnc2n1Cc1cccc(Cl)c1. The number of halogens is 1. The lowest BCUT2D eigenvalue weighted by atomic mass is 10.2. The average Bonchev–Trinajstić information content (AvgIpc) is 2.66. The molecular weight excluding hydrogens is 266 g/mol. The maximum atomic E-state index is 5.98. The number of hydrogen-bond donors (Lipinski definition) is 1. The molecule has 2 heterocycles. The van der Waals surface area contributed by atoms with Crippen molar-refractivity contribution >= 4 is 35.0 Å². The Hall–Kier alpha value is -1.65. The van der Waals surface area contributed by atoms with Gasteiger partial charge in [-0.15, -0.1) is 0 Å². The largest absolute Gasteiger partial charge is 0.329 e. The first-order valence-electron chi connectivity index (χ1n) is 5.52. The first-order chi connectivity index (χ1) is 8.74. The number of hydrogen-bond acceptors (Lipinski definition) is 2. The highest BCUT2D eigenvalue weighted by Crippen LogP contribution is 2.16. The predicted molar refractivity (Wildman–Crippen MR) is 75.5 cm³/mol. The molecule has 2 aromatic heterocycles. The molecule has 3 rings (SSSR count). The van der Waals surface area contributed by atoms with Crippen LogP contribution in [-0.4, -0.2) is 14.5 Å². The molecule has 0 bridgehead atoms. The summed E-state index contributed by atoms with van der Waals surface area (Å²) in [6, 6.07) is 11.6. The molecule has 0 radical (unpaired) electrons. The number of nitrogens with zero attached hydrogens (tertiary/aromatic N) is 2. The number of nitrogens with one attached hydrogen (secondary N) is 1. The minimum Gasteiger partial charge on any atom is -0.329 e. The molecule has 5 heteroatoms. The van der Waals surface area contributed by atoms with Gasteiger partial charge in [-0.3, -0.25) is 4.57 Å². The minimum absolute atomic E-state index is 0.663. The molecule has 0 unspecified atom stereocenters. The Labute approximate surface area is 114 Å². The number of H-pyrrole nitrogens is 1. The quantitative estimate of drug-likeness (QED) is 0.722. The standard InChI is InChI=1S/C13H10ClN3S/c14-10-4-1-3-9(7-10)8-17-12-11(16-13(17)18)5-2-6-15-12/h1-7H,8H2,(H,16,18). The van der Waals surface area contributed by atoms with Crippen molar-refractivity contribution in [2.24, 2.45) is 0 Å². The van der Waals surface area contributed by atoms with Gasteiger partial charge in [0.2, 0.25) is 0 Å². The van der Waals surface area contributed by atoms with Crippen LogP contribution in [0.3, 0.4) is 0 Å². The highest BCUT2D eigenvalue weighted by Gasteiger charge is 2.05. The molecule has 0 fully saturated rings. The van der Waals surface area contributed by atoms with Crippen LogP contribution in [0, 0.1) is 4.77 Å². The zero-order valence-corrected chi connectivity index (χ0v) is 11.0. The van der Waals surface area contributed by atoms with E-state index < -0.39 is 0 Å². The van der Waals surface area contributed by atoms with Crippen LogP contribution < -0.4 is 0 Å². The summed E-state index contributed by atoms with van der Waals surface area (Å²) in [4.78, 5) is 7.50. The summed E-state index contributed by atoms with van der Waals surface area (Å²) in [5.74, 6) is 0. The van der Waals surface area contributed by atoms with E-state index >= 15 is 0 Å². The van der Waals surface area contributed by atoms with E-state index in [-0.39, 0.29) is 0 Å². The third-order valence-electron chi connectivity index (χ3n) is 2.76. The van der Waals surface area contributed by atoms with Crippen molar-refractivity contribution in [1.29, 1.82) is 0 Å². The lowest BCUT2D eigenvalue weighted by molar-refractivity contribution is 0.801. The van der Waals surface area contributed by atoms with Gasteiger partial charge in [-0.25, -0.2) is 4.98 Å². The summed E-state index contributed by atoms with van der Waals surface area (Å²) in [6.07, 6.45) is 1.76. The number of pyridine rings is 1. The highest BCUT2D eigenvalue weighted by atomic mass is 35.5. The van der Waals surface area contributed by atoms with Crippen LogP contribution in [0.4, 0.5) is 0 Å². The predicted octanol–water partition coefficient (Wildman–Crippen LogP) is 3.80. The molecule has 90 valence electrons. The molecule has 1 aromatic carbocycles. The summed E-state index contributed by atoms with van der Waals surface area (Å²) in [5, 5.41) is 0.729. The fourth-order valence-electron chi connectivity index (χ4n) is 1.95. The molecule has 3 nitrogen and oxygen atoms in total. The van der Waals surface area contributed by atoms with Crippen LogP contribution in [-0.2, 0) is 6.54 Å². The van der Waals surface area contributed by atoms with E-state index in [4.69, 9.17) is 23.8 Å². The monoisotopic (exact) mass is 275 g/mol. The maximum absolute atomic E-state index is 5.98. The molecule has 0 saturated heterocycles. The molecule has 0 spiro atoms. The summed E-state index contributed by atoms with van der Waals surface area (Å²) in [7, 11) is 0. The van der Waals surface area contributed by atoms with E-state index in [9.17, 15) is 0 Å². The van der Waals surface area contributed by atoms with E-state index in [1.807, 2.05) is 41.0 Å². The molecule has 0 aliphatic heterocycles. The second-order valence-electron chi connectivity index (χ2n) is 4.02. The number of aromatic amines is 1. The van der Waals surface area contributed by atoms with Crippen molar-refractivity contribution in [1.82, 2.24) is 14.5 Å². The first kappa shape index (κ1) is 11.4. The molecule has 18 heavy (non-hydrogen) atoms. The summed E-state index contributed by atoms with van der Waals surface area (Å²) in [5.41, 5.74) is 2.91. The topological polar surface area (TPSA) is 33.6 Å². The number of aromatic nitrogens is 3. The maximum Gasteiger partial charge on any atom is 0.179 e. The van der Waals surface area contributed by atoms with Crippen LogP contribution in [0.1, 0.15) is 5.56 Å². The van der Waals surface area contributed by atoms with Crippen LogP contribution in [0.25, 0.3) is 11.2 Å². The van der Waals surface area contributed by atoms with Gasteiger partial charge in [0.15, 0.2) is 10.4 Å². The number of rotatable bonds is 2. The van der Waals surface area contributed by atoms with E-state index in [2.05, 4.69) is 9.97 Å². The highest BCUT2D eigenvalue weighted by molar-refractivity contribution is 7.71. The Balaban J connectivity index is 2.10. The Kier molecular flexibility index (Phi) is 2.89. The van der Waals surface area contributed by atoms with Crippen molar-refractivity contribution in [2.45, 2.75) is 6.54 Å². The van der Waals surface area contributed by atoms with Crippen molar-refractivity contribution in [3.05, 3.63) is 58.0 Å². The van der Waals surface area contributed by atoms with Crippen molar-refractivity contribution in [3.63, 3.8) is 0 Å². The normalized spacial score (nSPS) is 10.9. The van der Waals surface area contributed by atoms with Gasteiger partial charge in [0.1, 0.15) is 0 Å². The van der Waals surface area contributed by atoms with Gasteiger partial charge in [0.25, 0.3) is 0 Å². The Morgan fingerprint density at radius 1 is 1.28 bits per heavy atom. The molecule has 1 N–H and O–H groups in total. The van der Waals surface area contributed by atoms with Gasteiger partial charge in [0, 0.05) is 11.2 Å². The van der Waals surface area contributed by atoms with Crippen LogP contribution in [0.2, 0.25) is 5.02 Å². The van der Waals surface area contributed by atoms with Gasteiger partial charge in [0.05, 0.1) is 12.1 Å². The lowest BCUT2D eigenvalue weighted by Crippen LogP contribution is -2.00. The van der Waals surface area contributed by atoms with Crippen molar-refractivity contribution in [3.8, 4) is 0 Å². The minimum atomic E-state index is 0.663. The Morgan fingerprint density at radius 3 is 3.00 bits per heavy atom. The molecule has 0 saturated carbocycles. The van der Waals surface area contributed by atoms with E-state index in [0.717, 1.165) is 21.7 Å². The zero-order valence-electron chi connectivity index (χ0n) is 9.43. The summed E-state index contributed by atoms with van der Waals surface area (Å²) >= 11 is 11.3. The molecule has 0 amide bonds. The number of fused-ring (bicyclic) bond motifs is 1. The zero-order chi connectivity index (χ0) is 12.5. The third kappa shape index (κ3) is 2.05. The van der Waals surface area contributed by atoms with Gasteiger partial charge >= 0.3 is 0 Å². The fourth-order valence-corrected chi connectivity index (χ4v) is 2.43. The van der Waals surface area contributed by atoms with E-state index in [1.54, 1.807) is 6.20 Å².